The van der Waals surface area contributed by atoms with Gasteiger partial charge in [-0.15, -0.1) is 0 Å². The molecule has 7 nitrogen and oxygen atoms in total. The van der Waals surface area contributed by atoms with Gasteiger partial charge in [0.15, 0.2) is 0 Å². The molecule has 1 unspecified atom stereocenters. The summed E-state index contributed by atoms with van der Waals surface area (Å²) in [7, 11) is 3.99. The second-order valence-corrected chi connectivity index (χ2v) is 6.24. The molecule has 0 radical (unpaired) electrons. The van der Waals surface area contributed by atoms with Crippen molar-refractivity contribution in [2.45, 2.75) is 19.1 Å². The average molecular weight is 331 g/mol. The van der Waals surface area contributed by atoms with Gasteiger partial charge in [-0.1, -0.05) is 30.3 Å². The molecule has 1 atom stereocenters. The van der Waals surface area contributed by atoms with Crippen LogP contribution in [-0.2, 0) is 12.1 Å². The van der Waals surface area contributed by atoms with Gasteiger partial charge in [0, 0.05) is 12.7 Å². The number of aromatic nitrogens is 2. The van der Waals surface area contributed by atoms with Gasteiger partial charge < -0.3 is 20.6 Å². The molecule has 2 amide bonds. The number of nitrogens with zero attached hydrogens (tertiary/aromatic N) is 3. The lowest BCUT2D eigenvalue weighted by atomic mass is 9.96. The third kappa shape index (κ3) is 5.36. The number of nitrogens with one attached hydrogen (secondary N) is 2. The fraction of sp³-hybridized carbons (Fsp3) is 0.412. The standard InChI is InChI=1S/C17H25N5O2/c1-17(24,14-7-5-4-6-8-14)13-18-16(23)20-15-11-19-22(12-15)10-9-21(2)3/h4-8,11-12,24H,9-10,13H2,1-3H3,(H2,18,20,23). The Morgan fingerprint density at radius 3 is 2.71 bits per heavy atom. The van der Waals surface area contributed by atoms with Crippen molar-refractivity contribution in [1.82, 2.24) is 20.0 Å². The first-order chi connectivity index (χ1) is 11.4. The van der Waals surface area contributed by atoms with Crippen LogP contribution in [0.5, 0.6) is 0 Å². The molecule has 0 aliphatic heterocycles. The molecule has 2 rings (SSSR count). The van der Waals surface area contributed by atoms with Gasteiger partial charge >= 0.3 is 6.03 Å². The molecule has 0 bridgehead atoms. The minimum absolute atomic E-state index is 0.109. The highest BCUT2D eigenvalue weighted by Gasteiger charge is 2.23. The molecule has 24 heavy (non-hydrogen) atoms. The van der Waals surface area contributed by atoms with Crippen LogP contribution >= 0.6 is 0 Å². The Labute approximate surface area is 142 Å². The minimum Gasteiger partial charge on any atom is -0.384 e. The zero-order valence-corrected chi connectivity index (χ0v) is 14.4. The maximum atomic E-state index is 12.0. The van der Waals surface area contributed by atoms with Crippen LogP contribution in [0.3, 0.4) is 0 Å². The van der Waals surface area contributed by atoms with E-state index in [1.54, 1.807) is 24.0 Å². The second-order valence-electron chi connectivity index (χ2n) is 6.24. The first-order valence-electron chi connectivity index (χ1n) is 7.87. The SMILES string of the molecule is CN(C)CCn1cc(NC(=O)NCC(C)(O)c2ccccc2)cn1. The molecule has 130 valence electrons. The topological polar surface area (TPSA) is 82.4 Å². The number of carbonyl (C=O) groups excluding carboxylic acids is 1. The Bertz CT molecular complexity index is 652. The van der Waals surface area contributed by atoms with E-state index in [1.165, 1.54) is 0 Å². The monoisotopic (exact) mass is 331 g/mol. The average Bonchev–Trinajstić information content (AvgIpc) is 2.99. The summed E-state index contributed by atoms with van der Waals surface area (Å²) in [4.78, 5) is 14.0. The molecule has 0 aliphatic carbocycles. The smallest absolute Gasteiger partial charge is 0.319 e. The van der Waals surface area contributed by atoms with Crippen molar-refractivity contribution < 1.29 is 9.90 Å². The highest BCUT2D eigenvalue weighted by atomic mass is 16.3. The Kier molecular flexibility index (Phi) is 5.94. The maximum absolute atomic E-state index is 12.0. The van der Waals surface area contributed by atoms with Gasteiger partial charge in [0.2, 0.25) is 0 Å². The number of anilines is 1. The number of amides is 2. The Morgan fingerprint density at radius 2 is 2.04 bits per heavy atom. The third-order valence-electron chi connectivity index (χ3n) is 3.66. The number of urea groups is 1. The molecular weight excluding hydrogens is 306 g/mol. The highest BCUT2D eigenvalue weighted by molar-refractivity contribution is 5.88. The fourth-order valence-corrected chi connectivity index (χ4v) is 2.18. The van der Waals surface area contributed by atoms with Crippen molar-refractivity contribution in [3.8, 4) is 0 Å². The molecule has 1 aromatic carbocycles. The van der Waals surface area contributed by atoms with E-state index >= 15 is 0 Å². The summed E-state index contributed by atoms with van der Waals surface area (Å²) in [5, 5.41) is 20.1. The van der Waals surface area contributed by atoms with Crippen molar-refractivity contribution >= 4 is 11.7 Å². The predicted octanol–water partition coefficient (Wildman–Crippen LogP) is 1.47. The van der Waals surface area contributed by atoms with Crippen molar-refractivity contribution in [2.75, 3.05) is 32.5 Å². The number of benzene rings is 1. The molecule has 3 N–H and O–H groups in total. The second kappa shape index (κ2) is 7.94. The van der Waals surface area contributed by atoms with Gasteiger partial charge in [0.1, 0.15) is 5.60 Å². The van der Waals surface area contributed by atoms with E-state index in [1.807, 2.05) is 44.4 Å². The molecule has 2 aromatic rings. The van der Waals surface area contributed by atoms with E-state index in [0.29, 0.717) is 5.69 Å². The van der Waals surface area contributed by atoms with Gasteiger partial charge in [-0.05, 0) is 26.6 Å². The molecule has 0 saturated carbocycles. The molecular formula is C17H25N5O2. The third-order valence-corrected chi connectivity index (χ3v) is 3.66. The van der Waals surface area contributed by atoms with E-state index in [0.717, 1.165) is 18.7 Å². The highest BCUT2D eigenvalue weighted by Crippen LogP contribution is 2.18. The Morgan fingerprint density at radius 1 is 1.33 bits per heavy atom. The molecule has 1 aromatic heterocycles. The number of carbonyl (C=O) groups is 1. The Balaban J connectivity index is 1.83. The van der Waals surface area contributed by atoms with Crippen molar-refractivity contribution in [2.24, 2.45) is 0 Å². The van der Waals surface area contributed by atoms with E-state index in [9.17, 15) is 9.90 Å². The first-order valence-corrected chi connectivity index (χ1v) is 7.87. The lowest BCUT2D eigenvalue weighted by Gasteiger charge is -2.24. The maximum Gasteiger partial charge on any atom is 0.319 e. The zero-order chi connectivity index (χ0) is 17.6. The normalized spacial score (nSPS) is 13.5. The molecule has 1 heterocycles. The van der Waals surface area contributed by atoms with Crippen LogP contribution in [-0.4, -0.2) is 53.0 Å². The fourth-order valence-electron chi connectivity index (χ4n) is 2.18. The summed E-state index contributed by atoms with van der Waals surface area (Å²) in [5.41, 5.74) is 0.238. The molecule has 0 fully saturated rings. The quantitative estimate of drug-likeness (QED) is 0.718. The number of hydrogen-bond donors (Lipinski definition) is 3. The van der Waals surface area contributed by atoms with Crippen LogP contribution in [0.15, 0.2) is 42.7 Å². The number of likely N-dealkylation sites (N-methyl/N-ethyl adjacent to an activating group) is 1. The summed E-state index contributed by atoms with van der Waals surface area (Å²) in [6, 6.07) is 8.87. The van der Waals surface area contributed by atoms with Crippen molar-refractivity contribution in [3.63, 3.8) is 0 Å². The van der Waals surface area contributed by atoms with Gasteiger partial charge in [0.05, 0.1) is 25.0 Å². The molecule has 7 heteroatoms. The van der Waals surface area contributed by atoms with Crippen LogP contribution < -0.4 is 10.6 Å². The Hall–Kier alpha value is -2.38. The van der Waals surface area contributed by atoms with Crippen molar-refractivity contribution in [1.29, 1.82) is 0 Å². The zero-order valence-electron chi connectivity index (χ0n) is 14.4. The summed E-state index contributed by atoms with van der Waals surface area (Å²) in [6.07, 6.45) is 3.38. The van der Waals surface area contributed by atoms with Crippen LogP contribution in [0, 0.1) is 0 Å². The molecule has 0 aliphatic rings. The lowest BCUT2D eigenvalue weighted by molar-refractivity contribution is 0.0599. The summed E-state index contributed by atoms with van der Waals surface area (Å²) in [5.74, 6) is 0. The first kappa shape index (κ1) is 18.0. The van der Waals surface area contributed by atoms with E-state index < -0.39 is 5.60 Å². The molecule has 0 spiro atoms. The van der Waals surface area contributed by atoms with E-state index in [4.69, 9.17) is 0 Å². The van der Waals surface area contributed by atoms with Crippen molar-refractivity contribution in [3.05, 3.63) is 48.3 Å². The largest absolute Gasteiger partial charge is 0.384 e. The minimum atomic E-state index is -1.13. The number of hydrogen-bond acceptors (Lipinski definition) is 4. The van der Waals surface area contributed by atoms with Crippen LogP contribution in [0.2, 0.25) is 0 Å². The van der Waals surface area contributed by atoms with Gasteiger partial charge in [0.25, 0.3) is 0 Å². The number of aliphatic hydroxyl groups is 1. The van der Waals surface area contributed by atoms with Crippen LogP contribution in [0.25, 0.3) is 0 Å². The summed E-state index contributed by atoms with van der Waals surface area (Å²) >= 11 is 0. The van der Waals surface area contributed by atoms with Crippen LogP contribution in [0.4, 0.5) is 10.5 Å². The molecule has 0 saturated heterocycles. The van der Waals surface area contributed by atoms with Gasteiger partial charge in [-0.3, -0.25) is 4.68 Å². The number of rotatable bonds is 7. The predicted molar refractivity (Wildman–Crippen MR) is 93.8 cm³/mol. The van der Waals surface area contributed by atoms with E-state index in [-0.39, 0.29) is 12.6 Å². The van der Waals surface area contributed by atoms with Crippen LogP contribution in [0.1, 0.15) is 12.5 Å². The van der Waals surface area contributed by atoms with E-state index in [2.05, 4.69) is 20.6 Å². The van der Waals surface area contributed by atoms with Gasteiger partial charge in [-0.25, -0.2) is 4.79 Å². The summed E-state index contributed by atoms with van der Waals surface area (Å²) < 4.78 is 1.77. The summed E-state index contributed by atoms with van der Waals surface area (Å²) in [6.45, 7) is 3.39. The van der Waals surface area contributed by atoms with Gasteiger partial charge in [-0.2, -0.15) is 5.10 Å². The lowest BCUT2D eigenvalue weighted by Crippen LogP contribution is -2.40.